The molecular formula is C14H24FN3. The molecule has 18 heavy (non-hydrogen) atoms. The fourth-order valence-corrected chi connectivity index (χ4v) is 1.65. The molecule has 1 unspecified atom stereocenters. The van der Waals surface area contributed by atoms with Crippen LogP contribution in [0.4, 0.5) is 10.2 Å². The third-order valence-electron chi connectivity index (χ3n) is 3.24. The summed E-state index contributed by atoms with van der Waals surface area (Å²) in [6.07, 6.45) is 2.64. The summed E-state index contributed by atoms with van der Waals surface area (Å²) in [5.41, 5.74) is 0.670. The van der Waals surface area contributed by atoms with Gasteiger partial charge in [-0.1, -0.05) is 20.8 Å². The largest absolute Gasteiger partial charge is 0.355 e. The van der Waals surface area contributed by atoms with E-state index in [9.17, 15) is 4.39 Å². The normalized spacial score (nSPS) is 12.8. The van der Waals surface area contributed by atoms with Crippen molar-refractivity contribution in [3.05, 3.63) is 23.6 Å². The van der Waals surface area contributed by atoms with E-state index in [1.54, 1.807) is 12.3 Å². The first kappa shape index (κ1) is 14.9. The van der Waals surface area contributed by atoms with Crippen molar-refractivity contribution in [2.24, 2.45) is 0 Å². The Hall–Kier alpha value is -1.16. The first-order valence-electron chi connectivity index (χ1n) is 6.57. The van der Waals surface area contributed by atoms with Crippen LogP contribution in [0.5, 0.6) is 0 Å². The summed E-state index contributed by atoms with van der Waals surface area (Å²) >= 11 is 0. The highest BCUT2D eigenvalue weighted by Gasteiger charge is 2.16. The SMILES string of the molecule is CCC(C)N(C)c1nccc(CNC(C)C)c1F. The average molecular weight is 253 g/mol. The predicted octanol–water partition coefficient (Wildman–Crippen LogP) is 2.95. The average Bonchev–Trinajstić information content (AvgIpc) is 2.35. The van der Waals surface area contributed by atoms with Gasteiger partial charge in [-0.3, -0.25) is 0 Å². The third kappa shape index (κ3) is 3.67. The lowest BCUT2D eigenvalue weighted by Crippen LogP contribution is -2.30. The molecule has 0 aliphatic heterocycles. The van der Waals surface area contributed by atoms with E-state index in [-0.39, 0.29) is 11.9 Å². The van der Waals surface area contributed by atoms with Crippen LogP contribution < -0.4 is 10.2 Å². The molecule has 102 valence electrons. The van der Waals surface area contributed by atoms with Crippen molar-refractivity contribution in [1.29, 1.82) is 0 Å². The Bertz CT molecular complexity index is 379. The molecule has 0 radical (unpaired) electrons. The van der Waals surface area contributed by atoms with Gasteiger partial charge < -0.3 is 10.2 Å². The number of nitrogens with zero attached hydrogens (tertiary/aromatic N) is 2. The zero-order valence-electron chi connectivity index (χ0n) is 12.0. The van der Waals surface area contributed by atoms with E-state index in [2.05, 4.69) is 24.1 Å². The molecule has 0 saturated heterocycles. The maximum absolute atomic E-state index is 14.3. The lowest BCUT2D eigenvalue weighted by Gasteiger charge is -2.25. The van der Waals surface area contributed by atoms with Gasteiger partial charge in [0.25, 0.3) is 0 Å². The second-order valence-corrected chi connectivity index (χ2v) is 5.01. The lowest BCUT2D eigenvalue weighted by atomic mass is 10.2. The highest BCUT2D eigenvalue weighted by Crippen LogP contribution is 2.20. The summed E-state index contributed by atoms with van der Waals surface area (Å²) < 4.78 is 14.3. The van der Waals surface area contributed by atoms with Gasteiger partial charge in [-0.05, 0) is 19.4 Å². The van der Waals surface area contributed by atoms with Crippen molar-refractivity contribution in [2.45, 2.75) is 52.7 Å². The molecule has 0 aliphatic rings. The minimum absolute atomic E-state index is 0.214. The molecule has 0 aliphatic carbocycles. The number of hydrogen-bond donors (Lipinski definition) is 1. The Morgan fingerprint density at radius 2 is 2.06 bits per heavy atom. The van der Waals surface area contributed by atoms with Gasteiger partial charge in [-0.2, -0.15) is 0 Å². The van der Waals surface area contributed by atoms with Crippen molar-refractivity contribution in [2.75, 3.05) is 11.9 Å². The number of anilines is 1. The van der Waals surface area contributed by atoms with Crippen molar-refractivity contribution < 1.29 is 4.39 Å². The molecule has 0 amide bonds. The summed E-state index contributed by atoms with van der Waals surface area (Å²) in [7, 11) is 1.89. The minimum Gasteiger partial charge on any atom is -0.355 e. The standard InChI is InChI=1S/C14H24FN3/c1-6-11(4)18(5)14-13(15)12(7-8-16-14)9-17-10(2)3/h7-8,10-11,17H,6,9H2,1-5H3. The zero-order valence-corrected chi connectivity index (χ0v) is 12.0. The van der Waals surface area contributed by atoms with E-state index >= 15 is 0 Å². The van der Waals surface area contributed by atoms with Gasteiger partial charge in [0.15, 0.2) is 11.6 Å². The molecule has 1 rings (SSSR count). The van der Waals surface area contributed by atoms with E-state index < -0.39 is 0 Å². The van der Waals surface area contributed by atoms with Gasteiger partial charge in [0.1, 0.15) is 0 Å². The van der Waals surface area contributed by atoms with Crippen LogP contribution in [0.1, 0.15) is 39.7 Å². The summed E-state index contributed by atoms with van der Waals surface area (Å²) in [4.78, 5) is 6.06. The minimum atomic E-state index is -0.214. The highest BCUT2D eigenvalue weighted by atomic mass is 19.1. The molecule has 4 heteroatoms. The first-order valence-corrected chi connectivity index (χ1v) is 6.57. The number of hydrogen-bond acceptors (Lipinski definition) is 3. The van der Waals surface area contributed by atoms with E-state index in [0.29, 0.717) is 24.0 Å². The Morgan fingerprint density at radius 3 is 2.61 bits per heavy atom. The van der Waals surface area contributed by atoms with E-state index in [1.165, 1.54) is 0 Å². The number of aromatic nitrogens is 1. The molecule has 0 bridgehead atoms. The molecule has 0 spiro atoms. The van der Waals surface area contributed by atoms with Gasteiger partial charge in [-0.25, -0.2) is 9.37 Å². The first-order chi connectivity index (χ1) is 8.47. The Balaban J connectivity index is 2.90. The molecular weight excluding hydrogens is 229 g/mol. The molecule has 1 heterocycles. The van der Waals surface area contributed by atoms with Gasteiger partial charge in [-0.15, -0.1) is 0 Å². The maximum atomic E-state index is 14.3. The molecule has 0 fully saturated rings. The smallest absolute Gasteiger partial charge is 0.170 e. The van der Waals surface area contributed by atoms with Gasteiger partial charge in [0.2, 0.25) is 0 Å². The number of rotatable bonds is 6. The van der Waals surface area contributed by atoms with Gasteiger partial charge in [0, 0.05) is 37.4 Å². The summed E-state index contributed by atoms with van der Waals surface area (Å²) in [5.74, 6) is 0.223. The third-order valence-corrected chi connectivity index (χ3v) is 3.24. The van der Waals surface area contributed by atoms with E-state index in [0.717, 1.165) is 6.42 Å². The predicted molar refractivity (Wildman–Crippen MR) is 74.3 cm³/mol. The zero-order chi connectivity index (χ0) is 13.7. The quantitative estimate of drug-likeness (QED) is 0.845. The fraction of sp³-hybridized carbons (Fsp3) is 0.643. The van der Waals surface area contributed by atoms with Crippen molar-refractivity contribution in [3.8, 4) is 0 Å². The lowest BCUT2D eigenvalue weighted by molar-refractivity contribution is 0.542. The Labute approximate surface area is 109 Å². The summed E-state index contributed by atoms with van der Waals surface area (Å²) in [6, 6.07) is 2.35. The van der Waals surface area contributed by atoms with Crippen LogP contribution >= 0.6 is 0 Å². The van der Waals surface area contributed by atoms with Gasteiger partial charge in [0.05, 0.1) is 0 Å². The van der Waals surface area contributed by atoms with Crippen LogP contribution in [0, 0.1) is 5.82 Å². The Morgan fingerprint density at radius 1 is 1.39 bits per heavy atom. The highest BCUT2D eigenvalue weighted by molar-refractivity contribution is 5.43. The van der Waals surface area contributed by atoms with E-state index in [4.69, 9.17) is 0 Å². The molecule has 1 atom stereocenters. The van der Waals surface area contributed by atoms with Crippen molar-refractivity contribution in [3.63, 3.8) is 0 Å². The van der Waals surface area contributed by atoms with Crippen LogP contribution in [-0.2, 0) is 6.54 Å². The molecule has 3 nitrogen and oxygen atoms in total. The Kier molecular flexibility index (Phi) is 5.54. The van der Waals surface area contributed by atoms with Crippen molar-refractivity contribution >= 4 is 5.82 Å². The van der Waals surface area contributed by atoms with Crippen LogP contribution in [0.15, 0.2) is 12.3 Å². The van der Waals surface area contributed by atoms with Gasteiger partial charge >= 0.3 is 0 Å². The van der Waals surface area contributed by atoms with Crippen LogP contribution in [-0.4, -0.2) is 24.1 Å². The van der Waals surface area contributed by atoms with E-state index in [1.807, 2.05) is 25.8 Å². The second kappa shape index (κ2) is 6.69. The molecule has 0 aromatic carbocycles. The second-order valence-electron chi connectivity index (χ2n) is 5.01. The summed E-state index contributed by atoms with van der Waals surface area (Å²) in [6.45, 7) is 8.79. The van der Waals surface area contributed by atoms with Crippen molar-refractivity contribution in [1.82, 2.24) is 10.3 Å². The monoisotopic (exact) mass is 253 g/mol. The maximum Gasteiger partial charge on any atom is 0.170 e. The molecule has 1 aromatic heterocycles. The summed E-state index contributed by atoms with van der Waals surface area (Å²) in [5, 5.41) is 3.23. The fourth-order valence-electron chi connectivity index (χ4n) is 1.65. The molecule has 0 saturated carbocycles. The number of pyridine rings is 1. The van der Waals surface area contributed by atoms with Crippen LogP contribution in [0.3, 0.4) is 0 Å². The van der Waals surface area contributed by atoms with Crippen LogP contribution in [0.2, 0.25) is 0 Å². The molecule has 1 N–H and O–H groups in total. The molecule has 1 aromatic rings. The topological polar surface area (TPSA) is 28.2 Å². The number of nitrogens with one attached hydrogen (secondary N) is 1. The van der Waals surface area contributed by atoms with Crippen LogP contribution in [0.25, 0.3) is 0 Å². The number of halogens is 1.